The van der Waals surface area contributed by atoms with E-state index in [1.807, 2.05) is 31.3 Å². The van der Waals surface area contributed by atoms with Crippen LogP contribution < -0.4 is 0 Å². The first-order valence-electron chi connectivity index (χ1n) is 5.62. The first-order valence-corrected chi connectivity index (χ1v) is 5.62. The van der Waals surface area contributed by atoms with E-state index in [1.165, 1.54) is 0 Å². The lowest BCUT2D eigenvalue weighted by atomic mass is 9.98. The molecule has 1 atom stereocenters. The molecule has 0 aliphatic heterocycles. The molecule has 1 rings (SSSR count). The fourth-order valence-corrected chi connectivity index (χ4v) is 1.40. The zero-order valence-corrected chi connectivity index (χ0v) is 10.8. The molecule has 0 radical (unpaired) electrons. The molecule has 0 saturated carbocycles. The van der Waals surface area contributed by atoms with Gasteiger partial charge in [-0.1, -0.05) is 50.2 Å². The Balaban J connectivity index is 3.00. The maximum absolute atomic E-state index is 8.50. The number of nitrogens with zero attached hydrogens (tertiary/aromatic N) is 4. The van der Waals surface area contributed by atoms with Crippen LogP contribution in [0.5, 0.6) is 0 Å². The van der Waals surface area contributed by atoms with E-state index in [0.717, 1.165) is 5.56 Å². The Bertz CT molecular complexity index is 451. The van der Waals surface area contributed by atoms with E-state index in [9.17, 15) is 0 Å². The molecule has 0 aliphatic carbocycles. The van der Waals surface area contributed by atoms with Gasteiger partial charge < -0.3 is 0 Å². The summed E-state index contributed by atoms with van der Waals surface area (Å²) in [6.45, 7) is 8.29. The fourth-order valence-electron chi connectivity index (χ4n) is 1.40. The van der Waals surface area contributed by atoms with Gasteiger partial charge in [0.25, 0.3) is 0 Å². The van der Waals surface area contributed by atoms with Crippen LogP contribution in [0.2, 0.25) is 0 Å². The van der Waals surface area contributed by atoms with Gasteiger partial charge in [0.2, 0.25) is 0 Å². The first kappa shape index (κ1) is 13.3. The predicted molar refractivity (Wildman–Crippen MR) is 71.6 cm³/mol. The summed E-state index contributed by atoms with van der Waals surface area (Å²) in [6, 6.07) is 7.52. The lowest BCUT2D eigenvalue weighted by Crippen LogP contribution is -2.07. The molecule has 0 spiro atoms. The van der Waals surface area contributed by atoms with Crippen LogP contribution in [0.3, 0.4) is 0 Å². The van der Waals surface area contributed by atoms with Gasteiger partial charge in [-0.3, -0.25) is 4.99 Å². The molecule has 4 heteroatoms. The van der Waals surface area contributed by atoms with E-state index in [2.05, 4.69) is 35.8 Å². The van der Waals surface area contributed by atoms with Gasteiger partial charge in [-0.25, -0.2) is 0 Å². The molecule has 1 aromatic rings. The summed E-state index contributed by atoms with van der Waals surface area (Å²) in [5.41, 5.74) is 10.2. The number of aliphatic imine (C=N–C) groups is 1. The van der Waals surface area contributed by atoms with Crippen LogP contribution in [0.1, 0.15) is 39.3 Å². The van der Waals surface area contributed by atoms with Crippen molar-refractivity contribution in [1.82, 2.24) is 0 Å². The standard InChI is InChI=1S/C13H18N4/c1-10(15-9-13(2,3)4)11-7-5-6-8-12(11)16-17-14/h5-10H,1-4H3/t10-/m0/s1. The summed E-state index contributed by atoms with van der Waals surface area (Å²) in [5.74, 6) is 0. The Labute approximate surface area is 102 Å². The van der Waals surface area contributed by atoms with Crippen LogP contribution in [0.15, 0.2) is 34.4 Å². The van der Waals surface area contributed by atoms with Crippen molar-refractivity contribution in [3.63, 3.8) is 0 Å². The highest BCUT2D eigenvalue weighted by Gasteiger charge is 2.10. The van der Waals surface area contributed by atoms with E-state index in [-0.39, 0.29) is 11.5 Å². The maximum atomic E-state index is 8.50. The maximum Gasteiger partial charge on any atom is 0.0721 e. The zero-order chi connectivity index (χ0) is 12.9. The van der Waals surface area contributed by atoms with E-state index in [4.69, 9.17) is 5.53 Å². The number of hydrogen-bond acceptors (Lipinski definition) is 2. The van der Waals surface area contributed by atoms with E-state index < -0.39 is 0 Å². The van der Waals surface area contributed by atoms with Gasteiger partial charge in [-0.05, 0) is 23.4 Å². The Morgan fingerprint density at radius 3 is 2.53 bits per heavy atom. The minimum Gasteiger partial charge on any atom is -0.289 e. The molecule has 0 aliphatic rings. The van der Waals surface area contributed by atoms with Gasteiger partial charge in [0.05, 0.1) is 6.04 Å². The van der Waals surface area contributed by atoms with Gasteiger partial charge in [-0.15, -0.1) is 0 Å². The van der Waals surface area contributed by atoms with Crippen molar-refractivity contribution in [2.24, 2.45) is 15.5 Å². The molecule has 4 nitrogen and oxygen atoms in total. The Kier molecular flexibility index (Phi) is 4.30. The lowest BCUT2D eigenvalue weighted by Gasteiger charge is -2.14. The molecular formula is C13H18N4. The molecule has 0 aromatic heterocycles. The number of rotatable bonds is 3. The predicted octanol–water partition coefficient (Wildman–Crippen LogP) is 4.81. The number of benzene rings is 1. The van der Waals surface area contributed by atoms with Gasteiger partial charge in [0, 0.05) is 16.8 Å². The van der Waals surface area contributed by atoms with E-state index in [1.54, 1.807) is 6.07 Å². The van der Waals surface area contributed by atoms with Crippen LogP contribution in [0, 0.1) is 5.41 Å². The first-order chi connectivity index (χ1) is 7.94. The SMILES string of the molecule is C[C@H](N=CC(C)(C)C)c1ccccc1N=[N+]=[N-]. The van der Waals surface area contributed by atoms with Crippen molar-refractivity contribution in [3.05, 3.63) is 40.3 Å². The fraction of sp³-hybridized carbons (Fsp3) is 0.462. The summed E-state index contributed by atoms with van der Waals surface area (Å²) in [7, 11) is 0. The highest BCUT2D eigenvalue weighted by molar-refractivity contribution is 5.64. The average Bonchev–Trinajstić information content (AvgIpc) is 2.26. The van der Waals surface area contributed by atoms with Gasteiger partial charge in [-0.2, -0.15) is 0 Å². The normalized spacial score (nSPS) is 13.4. The lowest BCUT2D eigenvalue weighted by molar-refractivity contribution is 0.599. The Hall–Kier alpha value is -1.80. The number of hydrogen-bond donors (Lipinski definition) is 0. The van der Waals surface area contributed by atoms with Crippen molar-refractivity contribution >= 4 is 11.9 Å². The van der Waals surface area contributed by atoms with Crippen LogP contribution in [-0.4, -0.2) is 6.21 Å². The van der Waals surface area contributed by atoms with E-state index in [0.29, 0.717) is 5.69 Å². The summed E-state index contributed by atoms with van der Waals surface area (Å²) in [4.78, 5) is 7.33. The molecule has 0 unspecified atom stereocenters. The topological polar surface area (TPSA) is 61.1 Å². The molecule has 90 valence electrons. The van der Waals surface area contributed by atoms with Crippen molar-refractivity contribution in [2.75, 3.05) is 0 Å². The molecular weight excluding hydrogens is 212 g/mol. The van der Waals surface area contributed by atoms with Crippen LogP contribution in [0.25, 0.3) is 10.4 Å². The van der Waals surface area contributed by atoms with Crippen molar-refractivity contribution in [1.29, 1.82) is 0 Å². The molecule has 0 amide bonds. The minimum absolute atomic E-state index is 0.00377. The quantitative estimate of drug-likeness (QED) is 0.310. The monoisotopic (exact) mass is 230 g/mol. The second-order valence-electron chi connectivity index (χ2n) is 5.07. The summed E-state index contributed by atoms with van der Waals surface area (Å²) in [6.07, 6.45) is 1.94. The summed E-state index contributed by atoms with van der Waals surface area (Å²) < 4.78 is 0. The zero-order valence-electron chi connectivity index (χ0n) is 10.8. The van der Waals surface area contributed by atoms with Crippen LogP contribution in [-0.2, 0) is 0 Å². The average molecular weight is 230 g/mol. The highest BCUT2D eigenvalue weighted by Crippen LogP contribution is 2.28. The molecule has 0 fully saturated rings. The van der Waals surface area contributed by atoms with Gasteiger partial charge >= 0.3 is 0 Å². The Morgan fingerprint density at radius 1 is 1.29 bits per heavy atom. The molecule has 0 bridgehead atoms. The number of azide groups is 1. The van der Waals surface area contributed by atoms with Gasteiger partial charge in [0.15, 0.2) is 0 Å². The van der Waals surface area contributed by atoms with Crippen LogP contribution in [0.4, 0.5) is 5.69 Å². The largest absolute Gasteiger partial charge is 0.289 e. The smallest absolute Gasteiger partial charge is 0.0721 e. The minimum atomic E-state index is -0.00377. The van der Waals surface area contributed by atoms with E-state index >= 15 is 0 Å². The molecule has 17 heavy (non-hydrogen) atoms. The second kappa shape index (κ2) is 5.51. The second-order valence-corrected chi connectivity index (χ2v) is 5.07. The van der Waals surface area contributed by atoms with Crippen molar-refractivity contribution in [3.8, 4) is 0 Å². The summed E-state index contributed by atoms with van der Waals surface area (Å²) in [5, 5.41) is 3.68. The molecule has 0 N–H and O–H groups in total. The third-order valence-corrected chi connectivity index (χ3v) is 2.22. The molecule has 0 saturated heterocycles. The van der Waals surface area contributed by atoms with Crippen molar-refractivity contribution in [2.45, 2.75) is 33.7 Å². The third-order valence-electron chi connectivity index (χ3n) is 2.22. The molecule has 0 heterocycles. The van der Waals surface area contributed by atoms with Crippen molar-refractivity contribution < 1.29 is 0 Å². The van der Waals surface area contributed by atoms with Crippen LogP contribution >= 0.6 is 0 Å². The van der Waals surface area contributed by atoms with Gasteiger partial charge in [0.1, 0.15) is 0 Å². The Morgan fingerprint density at radius 2 is 1.94 bits per heavy atom. The third kappa shape index (κ3) is 4.29. The molecule has 1 aromatic carbocycles. The summed E-state index contributed by atoms with van der Waals surface area (Å²) >= 11 is 0. The highest BCUT2D eigenvalue weighted by atomic mass is 15.1.